The molecule has 3 aliphatic heterocycles. The highest BCUT2D eigenvalue weighted by Crippen LogP contribution is 2.37. The largest absolute Gasteiger partial charge is 0.417 e. The summed E-state index contributed by atoms with van der Waals surface area (Å²) in [7, 11) is 8.40. The SMILES string of the molecule is CC[C@H](C)[C@@H]1NC(=O)[C@H](CC(C)C)N(C)C(=O)C[C@@H](C(=O)N2CCCCC2)NC(=O)[C@H](C(C)C)N(C)C(=O)C2(CCCC2)NC(=O)[C@@H]2CCCN2C(=O)[C@H](CCc2ccc(C(F)(F)F)c(Cl)c2)NC(=O)CN(C)C(=O)[C@H](CC2CCCCC2)N(C)C(=O)CN(C)C(=O)CN(C)C1=O. The molecule has 5 fully saturated rings. The number of piperidine rings is 1. The van der Waals surface area contributed by atoms with E-state index in [1.165, 1.54) is 68.0 Å². The number of alkyl halides is 3. The lowest BCUT2D eigenvalue weighted by atomic mass is 9.84. The second kappa shape index (κ2) is 35.1. The molecule has 28 heteroatoms. The molecular formula is C69H106ClF3N12O12. The fourth-order valence-electron chi connectivity index (χ4n) is 14.4. The summed E-state index contributed by atoms with van der Waals surface area (Å²) in [4.78, 5) is 187. The van der Waals surface area contributed by atoms with Gasteiger partial charge in [-0.3, -0.25) is 57.5 Å². The number of rotatable bonds is 11. The van der Waals surface area contributed by atoms with Crippen molar-refractivity contribution in [1.82, 2.24) is 60.5 Å². The fourth-order valence-corrected chi connectivity index (χ4v) is 14.7. The lowest BCUT2D eigenvalue weighted by molar-refractivity contribution is -0.150. The standard InChI is InChI=1S/C69H106ClF3N12O12/c1-13-44(6)58-66(96)80(9)40-56(88)78(7)41-57(89)82(11)53(37-45-23-16-14-17-24-45)65(95)79(8)39-54(86)74-49(29-27-46-26-28-47(48(70)36-46)69(71,72)73)64(94)85-34-22-25-51(85)61(91)77-68(30-18-19-31-68)67(97)83(12)59(43(4)5)62(92)75-50(63(93)84-32-20-15-21-33-84)38-55(87)81(10)52(35-42(2)3)60(90)76-58/h26,28,36,42-45,49-53,58-59H,13-25,27,29-35,37-41H2,1-12H3,(H,74,86)(H,75,92)(H,76,90)(H,77,91)/t44-,49-,50-,51-,52-,53-,58-,59-/m0/s1. The maximum Gasteiger partial charge on any atom is 0.417 e. The monoisotopic (exact) mass is 1390 g/mol. The van der Waals surface area contributed by atoms with Crippen LogP contribution in [0.1, 0.15) is 175 Å². The molecule has 1 aromatic rings. The van der Waals surface area contributed by atoms with Gasteiger partial charge in [0.2, 0.25) is 70.9 Å². The number of likely N-dealkylation sites (N-methyl/N-ethyl adjacent to an activating group) is 6. The molecule has 1 spiro atoms. The van der Waals surface area contributed by atoms with Gasteiger partial charge in [0, 0.05) is 61.9 Å². The van der Waals surface area contributed by atoms with Crippen LogP contribution in [0.5, 0.6) is 0 Å². The van der Waals surface area contributed by atoms with E-state index in [1.807, 2.05) is 20.8 Å². The van der Waals surface area contributed by atoms with Gasteiger partial charge < -0.3 is 60.5 Å². The fraction of sp³-hybridized carbons (Fsp3) is 0.739. The minimum absolute atomic E-state index is 0.0187. The van der Waals surface area contributed by atoms with Crippen molar-refractivity contribution in [3.63, 3.8) is 0 Å². The molecule has 97 heavy (non-hydrogen) atoms. The molecule has 5 aliphatic rings. The van der Waals surface area contributed by atoms with E-state index in [4.69, 9.17) is 11.6 Å². The number of nitrogens with zero attached hydrogens (tertiary/aromatic N) is 8. The number of carbonyl (C=O) groups excluding carboxylic acids is 12. The summed E-state index contributed by atoms with van der Waals surface area (Å²) in [6.45, 7) is 9.77. The van der Waals surface area contributed by atoms with E-state index in [1.54, 1.807) is 25.7 Å². The van der Waals surface area contributed by atoms with Gasteiger partial charge in [-0.2, -0.15) is 13.2 Å². The Balaban J connectivity index is 1.40. The second-order valence-corrected chi connectivity index (χ2v) is 29.0. The van der Waals surface area contributed by atoms with Crippen LogP contribution >= 0.6 is 11.6 Å². The van der Waals surface area contributed by atoms with Gasteiger partial charge >= 0.3 is 6.18 Å². The van der Waals surface area contributed by atoms with Crippen LogP contribution in [0.25, 0.3) is 0 Å². The Bertz CT molecular complexity index is 3010. The third kappa shape index (κ3) is 20.5. The second-order valence-electron chi connectivity index (χ2n) is 28.6. The van der Waals surface area contributed by atoms with Crippen LogP contribution in [0.2, 0.25) is 5.02 Å². The lowest BCUT2D eigenvalue weighted by Crippen LogP contribution is -2.65. The van der Waals surface area contributed by atoms with Gasteiger partial charge in [0.15, 0.2) is 0 Å². The van der Waals surface area contributed by atoms with E-state index in [-0.39, 0.29) is 63.3 Å². The van der Waals surface area contributed by atoms with Crippen LogP contribution in [0.3, 0.4) is 0 Å². The van der Waals surface area contributed by atoms with E-state index in [0.717, 1.165) is 65.4 Å². The summed E-state index contributed by atoms with van der Waals surface area (Å²) in [5.74, 6) is -9.31. The number of hydrogen-bond donors (Lipinski definition) is 4. The van der Waals surface area contributed by atoms with Crippen LogP contribution in [0.4, 0.5) is 13.2 Å². The Morgan fingerprint density at radius 3 is 1.85 bits per heavy atom. The number of amides is 12. The highest BCUT2D eigenvalue weighted by Gasteiger charge is 2.50. The van der Waals surface area contributed by atoms with Crippen molar-refractivity contribution in [3.8, 4) is 0 Å². The predicted molar refractivity (Wildman–Crippen MR) is 357 cm³/mol. The van der Waals surface area contributed by atoms with Crippen LogP contribution in [0, 0.1) is 23.7 Å². The van der Waals surface area contributed by atoms with Gasteiger partial charge in [0.25, 0.3) is 0 Å². The average Bonchev–Trinajstić information content (AvgIpc) is 1.71. The molecule has 1 aromatic carbocycles. The summed E-state index contributed by atoms with van der Waals surface area (Å²) < 4.78 is 41.5. The normalized spacial score (nSPS) is 26.2. The molecule has 542 valence electrons. The topological polar surface area (TPSA) is 279 Å². The van der Waals surface area contributed by atoms with Gasteiger partial charge in [-0.1, -0.05) is 111 Å². The number of benzene rings is 1. The van der Waals surface area contributed by atoms with Crippen LogP contribution in [-0.2, 0) is 70.1 Å². The van der Waals surface area contributed by atoms with Gasteiger partial charge in [0.1, 0.15) is 47.8 Å². The third-order valence-electron chi connectivity index (χ3n) is 20.4. The van der Waals surface area contributed by atoms with Crippen LogP contribution in [-0.4, -0.2) is 239 Å². The Kier molecular flexibility index (Phi) is 28.6. The molecule has 2 aliphatic carbocycles. The van der Waals surface area contributed by atoms with E-state index in [0.29, 0.717) is 57.2 Å². The number of nitrogens with one attached hydrogen (secondary N) is 4. The van der Waals surface area contributed by atoms with Crippen molar-refractivity contribution in [1.29, 1.82) is 0 Å². The molecule has 6 rings (SSSR count). The molecule has 3 heterocycles. The van der Waals surface area contributed by atoms with Gasteiger partial charge in [0.05, 0.1) is 36.6 Å². The molecule has 0 bridgehead atoms. The van der Waals surface area contributed by atoms with Crippen molar-refractivity contribution < 1.29 is 70.7 Å². The summed E-state index contributed by atoms with van der Waals surface area (Å²) in [5, 5.41) is 10.9. The van der Waals surface area contributed by atoms with Crippen LogP contribution < -0.4 is 21.3 Å². The zero-order valence-corrected chi connectivity index (χ0v) is 59.7. The number of halogens is 4. The Morgan fingerprint density at radius 2 is 1.25 bits per heavy atom. The van der Waals surface area contributed by atoms with E-state index in [2.05, 4.69) is 21.3 Å². The Labute approximate surface area is 574 Å². The summed E-state index contributed by atoms with van der Waals surface area (Å²) in [6, 6.07) is -5.73. The molecular weight excluding hydrogens is 1280 g/mol. The minimum Gasteiger partial charge on any atom is -0.343 e. The Morgan fingerprint density at radius 1 is 0.639 bits per heavy atom. The highest BCUT2D eigenvalue weighted by atomic mass is 35.5. The molecule has 3 saturated heterocycles. The van der Waals surface area contributed by atoms with E-state index in [9.17, 15) is 61.1 Å². The molecule has 0 radical (unpaired) electrons. The summed E-state index contributed by atoms with van der Waals surface area (Å²) >= 11 is 6.13. The smallest absolute Gasteiger partial charge is 0.343 e. The maximum atomic E-state index is 15.3. The van der Waals surface area contributed by atoms with Crippen molar-refractivity contribution in [3.05, 3.63) is 34.3 Å². The zero-order valence-electron chi connectivity index (χ0n) is 59.0. The van der Waals surface area contributed by atoms with E-state index < -0.39 is 173 Å². The van der Waals surface area contributed by atoms with Gasteiger partial charge in [-0.15, -0.1) is 0 Å². The molecule has 0 unspecified atom stereocenters. The average molecular weight is 1390 g/mol. The number of fused-ring (bicyclic) bond motifs is 1. The Hall–Kier alpha value is -7.06. The first-order valence-corrected chi connectivity index (χ1v) is 35.2. The predicted octanol–water partition coefficient (Wildman–Crippen LogP) is 5.16. The molecule has 4 N–H and O–H groups in total. The number of hydrogen-bond acceptors (Lipinski definition) is 12. The molecule has 24 nitrogen and oxygen atoms in total. The molecule has 0 aromatic heterocycles. The molecule has 2 saturated carbocycles. The number of carbonyl (C=O) groups is 12. The maximum absolute atomic E-state index is 15.3. The highest BCUT2D eigenvalue weighted by molar-refractivity contribution is 6.31. The van der Waals surface area contributed by atoms with Crippen molar-refractivity contribution in [2.45, 2.75) is 224 Å². The van der Waals surface area contributed by atoms with Crippen LogP contribution in [0.15, 0.2) is 18.2 Å². The third-order valence-corrected chi connectivity index (χ3v) is 20.7. The molecule has 8 atom stereocenters. The van der Waals surface area contributed by atoms with Crippen molar-refractivity contribution in [2.24, 2.45) is 23.7 Å². The number of aryl methyl sites for hydroxylation is 1. The summed E-state index contributed by atoms with van der Waals surface area (Å²) in [6.07, 6.45) is 3.42. The van der Waals surface area contributed by atoms with E-state index >= 15 is 9.59 Å². The summed E-state index contributed by atoms with van der Waals surface area (Å²) in [5.41, 5.74) is -2.36. The van der Waals surface area contributed by atoms with Gasteiger partial charge in [-0.05, 0) is 112 Å². The van der Waals surface area contributed by atoms with Crippen molar-refractivity contribution >= 4 is 82.5 Å². The van der Waals surface area contributed by atoms with Crippen molar-refractivity contribution in [2.75, 3.05) is 81.6 Å². The lowest BCUT2D eigenvalue weighted by Gasteiger charge is -2.40. The zero-order chi connectivity index (χ0) is 72.0. The van der Waals surface area contributed by atoms with Gasteiger partial charge in [-0.25, -0.2) is 0 Å². The minimum atomic E-state index is -4.76. The first-order chi connectivity index (χ1) is 45.6. The first kappa shape index (κ1) is 78.9. The quantitative estimate of drug-likeness (QED) is 0.224. The first-order valence-electron chi connectivity index (χ1n) is 34.8. The molecule has 12 amide bonds. The number of likely N-dealkylation sites (tertiary alicyclic amines) is 1.